The molecule has 2 N–H and O–H groups in total. The summed E-state index contributed by atoms with van der Waals surface area (Å²) in [6.45, 7) is 8.32. The van der Waals surface area contributed by atoms with E-state index in [4.69, 9.17) is 33.3 Å². The van der Waals surface area contributed by atoms with Gasteiger partial charge in [-0.1, -0.05) is 29.3 Å². The van der Waals surface area contributed by atoms with Crippen molar-refractivity contribution in [2.45, 2.75) is 57.2 Å². The molecule has 3 aromatic rings. The number of aromatic nitrogens is 3. The van der Waals surface area contributed by atoms with Crippen molar-refractivity contribution < 1.29 is 4.21 Å². The summed E-state index contributed by atoms with van der Waals surface area (Å²) >= 11 is 12.6. The largest absolute Gasteiger partial charge is 0.356 e. The number of piperidine rings is 1. The number of nitrogens with two attached hydrogens (primary N) is 1. The molecule has 36 heavy (non-hydrogen) atoms. The van der Waals surface area contributed by atoms with Gasteiger partial charge in [-0.2, -0.15) is 0 Å². The van der Waals surface area contributed by atoms with Gasteiger partial charge >= 0.3 is 0 Å². The van der Waals surface area contributed by atoms with Crippen LogP contribution >= 0.6 is 23.2 Å². The molecule has 2 aromatic heterocycles. The molecule has 1 fully saturated rings. The summed E-state index contributed by atoms with van der Waals surface area (Å²) in [4.78, 5) is 20.1. The SMILES string of the molecule is Cc1nc(N2CCC3(CC2)Cn2cccc2[C@H]3CC(C)(C)S(N)=O)cc(=O)n1-c1cccc(Cl)c1Cl. The van der Waals surface area contributed by atoms with Crippen LogP contribution in [0.2, 0.25) is 10.0 Å². The van der Waals surface area contributed by atoms with Crippen molar-refractivity contribution in [3.05, 3.63) is 74.5 Å². The Bertz CT molecular complexity index is 1390. The zero-order chi connectivity index (χ0) is 25.8. The first-order chi connectivity index (χ1) is 17.0. The highest BCUT2D eigenvalue weighted by Crippen LogP contribution is 2.54. The molecule has 192 valence electrons. The smallest absolute Gasteiger partial charge is 0.260 e. The summed E-state index contributed by atoms with van der Waals surface area (Å²) in [5.74, 6) is 1.52. The first-order valence-corrected chi connectivity index (χ1v) is 14.1. The van der Waals surface area contributed by atoms with Gasteiger partial charge in [0.2, 0.25) is 0 Å². The fraction of sp³-hybridized carbons (Fsp3) is 0.462. The van der Waals surface area contributed by atoms with Crippen LogP contribution in [-0.4, -0.2) is 36.2 Å². The molecule has 1 saturated heterocycles. The third-order valence-electron chi connectivity index (χ3n) is 8.01. The van der Waals surface area contributed by atoms with Gasteiger partial charge in [0.25, 0.3) is 5.56 Å². The number of aryl methyl sites for hydroxylation is 1. The van der Waals surface area contributed by atoms with E-state index in [0.29, 0.717) is 27.4 Å². The van der Waals surface area contributed by atoms with Crippen molar-refractivity contribution in [1.29, 1.82) is 0 Å². The Morgan fingerprint density at radius 2 is 1.92 bits per heavy atom. The lowest BCUT2D eigenvalue weighted by molar-refractivity contribution is 0.159. The second kappa shape index (κ2) is 9.31. The number of nitrogens with zero attached hydrogens (tertiary/aromatic N) is 4. The van der Waals surface area contributed by atoms with E-state index in [-0.39, 0.29) is 16.9 Å². The minimum absolute atomic E-state index is 0.0715. The van der Waals surface area contributed by atoms with Crippen molar-refractivity contribution in [2.75, 3.05) is 18.0 Å². The predicted molar refractivity (Wildman–Crippen MR) is 147 cm³/mol. The normalized spacial score (nSPS) is 20.1. The zero-order valence-corrected chi connectivity index (χ0v) is 23.0. The summed E-state index contributed by atoms with van der Waals surface area (Å²) in [5, 5.41) is 6.58. The molecule has 2 atom stereocenters. The number of fused-ring (bicyclic) bond motifs is 1. The van der Waals surface area contributed by atoms with Crippen LogP contribution in [0.1, 0.15) is 50.5 Å². The minimum Gasteiger partial charge on any atom is -0.356 e. The number of anilines is 1. The summed E-state index contributed by atoms with van der Waals surface area (Å²) in [7, 11) is -1.41. The Morgan fingerprint density at radius 3 is 2.58 bits per heavy atom. The van der Waals surface area contributed by atoms with Crippen LogP contribution in [-0.2, 0) is 17.5 Å². The van der Waals surface area contributed by atoms with Crippen molar-refractivity contribution in [3.8, 4) is 5.69 Å². The van der Waals surface area contributed by atoms with Crippen molar-refractivity contribution in [1.82, 2.24) is 14.1 Å². The molecular weight excluding hydrogens is 517 g/mol. The van der Waals surface area contributed by atoms with Crippen LogP contribution in [0.3, 0.4) is 0 Å². The maximum absolute atomic E-state index is 13.2. The fourth-order valence-electron chi connectivity index (χ4n) is 5.94. The average molecular weight is 549 g/mol. The van der Waals surface area contributed by atoms with E-state index >= 15 is 0 Å². The topological polar surface area (TPSA) is 86.2 Å². The monoisotopic (exact) mass is 547 g/mol. The number of hydrogen-bond donors (Lipinski definition) is 1. The van der Waals surface area contributed by atoms with Gasteiger partial charge < -0.3 is 9.47 Å². The second-order valence-electron chi connectivity index (χ2n) is 10.6. The van der Waals surface area contributed by atoms with E-state index in [9.17, 15) is 9.00 Å². The second-order valence-corrected chi connectivity index (χ2v) is 13.1. The zero-order valence-electron chi connectivity index (χ0n) is 20.7. The third kappa shape index (κ3) is 4.32. The maximum atomic E-state index is 13.2. The van der Waals surface area contributed by atoms with Gasteiger partial charge in [-0.05, 0) is 69.7 Å². The first-order valence-electron chi connectivity index (χ1n) is 12.1. The van der Waals surface area contributed by atoms with Crippen LogP contribution in [0.15, 0.2) is 47.4 Å². The molecule has 5 rings (SSSR count). The van der Waals surface area contributed by atoms with Crippen LogP contribution in [0.5, 0.6) is 0 Å². The molecule has 0 amide bonds. The van der Waals surface area contributed by atoms with E-state index in [2.05, 4.69) is 27.8 Å². The molecule has 0 aliphatic carbocycles. The Kier molecular flexibility index (Phi) is 6.60. The summed E-state index contributed by atoms with van der Waals surface area (Å²) < 4.78 is 15.6. The van der Waals surface area contributed by atoms with E-state index < -0.39 is 15.7 Å². The highest BCUT2D eigenvalue weighted by molar-refractivity contribution is 7.84. The maximum Gasteiger partial charge on any atom is 0.260 e. The van der Waals surface area contributed by atoms with Gasteiger partial charge in [0, 0.05) is 43.5 Å². The molecule has 1 spiro atoms. The van der Waals surface area contributed by atoms with Gasteiger partial charge in [-0.25, -0.2) is 9.19 Å². The lowest BCUT2D eigenvalue weighted by Gasteiger charge is -2.44. The molecule has 4 heterocycles. The summed E-state index contributed by atoms with van der Waals surface area (Å²) in [6.07, 6.45) is 4.82. The fourth-order valence-corrected chi connectivity index (χ4v) is 6.65. The highest BCUT2D eigenvalue weighted by Gasteiger charge is 2.50. The molecule has 7 nitrogen and oxygen atoms in total. The number of rotatable bonds is 5. The van der Waals surface area contributed by atoms with Crippen LogP contribution in [0.4, 0.5) is 5.82 Å². The van der Waals surface area contributed by atoms with Gasteiger partial charge in [0.1, 0.15) is 11.6 Å². The molecule has 10 heteroatoms. The Morgan fingerprint density at radius 1 is 1.19 bits per heavy atom. The molecule has 1 unspecified atom stereocenters. The molecule has 0 bridgehead atoms. The standard InChI is InChI=1S/C26H31Cl2N5O2S/c1-17-30-22(14-23(34)33(17)21-7-4-6-19(27)24(21)28)31-12-9-26(10-13-31)16-32-11-5-8-20(32)18(26)15-25(2,3)36(29)35/h4-8,11,14,18H,9-10,12-13,15-16,29H2,1-3H3/t18-,36?/m1/s1. The average Bonchev–Trinajstić information content (AvgIpc) is 3.37. The lowest BCUT2D eigenvalue weighted by Crippen LogP contribution is -2.45. The molecule has 2 aliphatic rings. The van der Waals surface area contributed by atoms with Crippen molar-refractivity contribution in [2.24, 2.45) is 10.6 Å². The Balaban J connectivity index is 1.40. The van der Waals surface area contributed by atoms with E-state index in [1.54, 1.807) is 24.3 Å². The third-order valence-corrected chi connectivity index (χ3v) is 10.1. The molecule has 0 radical (unpaired) electrons. The van der Waals surface area contributed by atoms with Crippen molar-refractivity contribution >= 4 is 40.0 Å². The van der Waals surface area contributed by atoms with E-state index in [0.717, 1.165) is 38.9 Å². The number of halogens is 2. The van der Waals surface area contributed by atoms with Gasteiger partial charge in [-0.15, -0.1) is 0 Å². The highest BCUT2D eigenvalue weighted by atomic mass is 35.5. The van der Waals surface area contributed by atoms with Gasteiger partial charge in [-0.3, -0.25) is 14.5 Å². The van der Waals surface area contributed by atoms with E-state index in [1.807, 2.05) is 20.8 Å². The lowest BCUT2D eigenvalue weighted by atomic mass is 9.67. The molecular formula is C26H31Cl2N5O2S. The molecule has 2 aliphatic heterocycles. The quantitative estimate of drug-likeness (QED) is 0.495. The molecule has 1 aromatic carbocycles. The number of benzene rings is 1. The van der Waals surface area contributed by atoms with Gasteiger partial charge in [0.05, 0.1) is 31.5 Å². The van der Waals surface area contributed by atoms with Crippen LogP contribution in [0, 0.1) is 12.3 Å². The number of hydrogen-bond acceptors (Lipinski definition) is 4. The Hall–Kier alpha value is -2.13. The Labute approximate surface area is 223 Å². The first kappa shape index (κ1) is 25.5. The van der Waals surface area contributed by atoms with E-state index in [1.165, 1.54) is 10.3 Å². The minimum atomic E-state index is -1.41. The van der Waals surface area contributed by atoms with Crippen molar-refractivity contribution in [3.63, 3.8) is 0 Å². The summed E-state index contributed by atoms with van der Waals surface area (Å²) in [5.41, 5.74) is 1.71. The van der Waals surface area contributed by atoms with Gasteiger partial charge in [0.15, 0.2) is 0 Å². The van der Waals surface area contributed by atoms with Crippen LogP contribution in [0.25, 0.3) is 5.69 Å². The van der Waals surface area contributed by atoms with Crippen LogP contribution < -0.4 is 15.6 Å². The predicted octanol–water partition coefficient (Wildman–Crippen LogP) is 4.82. The molecule has 0 saturated carbocycles. The summed E-state index contributed by atoms with van der Waals surface area (Å²) in [6, 6.07) is 11.1.